The van der Waals surface area contributed by atoms with Crippen LogP contribution in [0, 0.1) is 13.8 Å². The monoisotopic (exact) mass is 388 g/mol. The highest BCUT2D eigenvalue weighted by Gasteiger charge is 2.18. The third-order valence-corrected chi connectivity index (χ3v) is 3.75. The van der Waals surface area contributed by atoms with Crippen LogP contribution < -0.4 is 15.5 Å². The van der Waals surface area contributed by atoms with Crippen molar-refractivity contribution in [3.05, 3.63) is 40.5 Å². The summed E-state index contributed by atoms with van der Waals surface area (Å²) in [6, 6.07) is 5.27. The van der Waals surface area contributed by atoms with Crippen LogP contribution in [-0.2, 0) is 0 Å². The van der Waals surface area contributed by atoms with Gasteiger partial charge in [-0.1, -0.05) is 28.8 Å². The third-order valence-electron chi connectivity index (χ3n) is 3.43. The van der Waals surface area contributed by atoms with E-state index < -0.39 is 5.91 Å². The Hall–Kier alpha value is -3.27. The average molecular weight is 389 g/mol. The van der Waals surface area contributed by atoms with Crippen molar-refractivity contribution in [1.29, 1.82) is 0 Å². The molecule has 0 fully saturated rings. The van der Waals surface area contributed by atoms with Crippen LogP contribution in [0.4, 0.5) is 23.6 Å². The number of para-hydroxylation sites is 1. The molecule has 2 N–H and O–H groups in total. The van der Waals surface area contributed by atoms with Crippen molar-refractivity contribution >= 4 is 41.1 Å². The molecule has 140 valence electrons. The first-order valence-electron chi connectivity index (χ1n) is 7.90. The molecule has 2 aromatic heterocycles. The molecule has 2 heterocycles. The summed E-state index contributed by atoms with van der Waals surface area (Å²) in [5.74, 6) is 0.409. The molecule has 27 heavy (non-hydrogen) atoms. The summed E-state index contributed by atoms with van der Waals surface area (Å²) in [4.78, 5) is 26.6. The number of aromatic nitrogens is 5. The van der Waals surface area contributed by atoms with Crippen LogP contribution in [0.1, 0.15) is 22.1 Å². The number of benzene rings is 1. The first-order valence-corrected chi connectivity index (χ1v) is 8.28. The Labute approximate surface area is 160 Å². The molecule has 3 aromatic rings. The second-order valence-electron chi connectivity index (χ2n) is 5.82. The SMILES string of the molecule is Cc1nc(Nc2nnc(C(=O)Nc3c(C)cccc3Cl)o2)nc(N(C)C)n1. The lowest BCUT2D eigenvalue weighted by Gasteiger charge is -2.11. The molecule has 0 bridgehead atoms. The molecule has 0 saturated heterocycles. The smallest absolute Gasteiger partial charge is 0.322 e. The van der Waals surface area contributed by atoms with Crippen LogP contribution in [0.2, 0.25) is 5.02 Å². The van der Waals surface area contributed by atoms with Crippen molar-refractivity contribution in [2.45, 2.75) is 13.8 Å². The fourth-order valence-electron chi connectivity index (χ4n) is 2.14. The number of anilines is 4. The van der Waals surface area contributed by atoms with E-state index in [1.165, 1.54) is 0 Å². The summed E-state index contributed by atoms with van der Waals surface area (Å²) in [5, 5.41) is 13.4. The van der Waals surface area contributed by atoms with Gasteiger partial charge in [0.2, 0.25) is 11.9 Å². The van der Waals surface area contributed by atoms with Crippen LogP contribution in [0.3, 0.4) is 0 Å². The van der Waals surface area contributed by atoms with Crippen LogP contribution in [0.25, 0.3) is 0 Å². The Bertz CT molecular complexity index is 968. The van der Waals surface area contributed by atoms with Gasteiger partial charge in [0.15, 0.2) is 0 Å². The molecule has 10 nitrogen and oxygen atoms in total. The van der Waals surface area contributed by atoms with E-state index in [2.05, 4.69) is 35.8 Å². The van der Waals surface area contributed by atoms with Gasteiger partial charge in [-0.15, -0.1) is 5.10 Å². The Balaban J connectivity index is 1.76. The predicted octanol–water partition coefficient (Wildman–Crippen LogP) is 2.59. The molecule has 1 amide bonds. The topological polar surface area (TPSA) is 122 Å². The maximum absolute atomic E-state index is 12.3. The van der Waals surface area contributed by atoms with Gasteiger partial charge in [0.1, 0.15) is 5.82 Å². The molecule has 0 radical (unpaired) electrons. The molecule has 0 aliphatic rings. The van der Waals surface area contributed by atoms with Gasteiger partial charge in [-0.2, -0.15) is 15.0 Å². The van der Waals surface area contributed by atoms with E-state index in [-0.39, 0.29) is 17.9 Å². The maximum atomic E-state index is 12.3. The number of carbonyl (C=O) groups is 1. The van der Waals surface area contributed by atoms with E-state index in [4.69, 9.17) is 16.0 Å². The number of nitrogens with zero attached hydrogens (tertiary/aromatic N) is 6. The van der Waals surface area contributed by atoms with Gasteiger partial charge in [-0.3, -0.25) is 10.1 Å². The molecule has 0 unspecified atom stereocenters. The highest BCUT2D eigenvalue weighted by atomic mass is 35.5. The Morgan fingerprint density at radius 3 is 2.63 bits per heavy atom. The molecule has 1 aromatic carbocycles. The lowest BCUT2D eigenvalue weighted by atomic mass is 10.2. The molecule has 0 aliphatic heterocycles. The number of carbonyl (C=O) groups excluding carboxylic acids is 1. The van der Waals surface area contributed by atoms with E-state index in [0.717, 1.165) is 5.56 Å². The van der Waals surface area contributed by atoms with E-state index in [1.807, 2.05) is 27.1 Å². The van der Waals surface area contributed by atoms with Crippen molar-refractivity contribution in [3.63, 3.8) is 0 Å². The second kappa shape index (κ2) is 7.54. The van der Waals surface area contributed by atoms with E-state index >= 15 is 0 Å². The van der Waals surface area contributed by atoms with E-state index in [9.17, 15) is 4.79 Å². The summed E-state index contributed by atoms with van der Waals surface area (Å²) < 4.78 is 5.34. The van der Waals surface area contributed by atoms with Crippen LogP contribution in [0.15, 0.2) is 22.6 Å². The Morgan fingerprint density at radius 1 is 1.15 bits per heavy atom. The van der Waals surface area contributed by atoms with Gasteiger partial charge in [0.05, 0.1) is 10.7 Å². The molecule has 0 atom stereocenters. The summed E-state index contributed by atoms with van der Waals surface area (Å²) in [6.45, 7) is 3.56. The van der Waals surface area contributed by atoms with Crippen molar-refractivity contribution < 1.29 is 9.21 Å². The third kappa shape index (κ3) is 4.29. The van der Waals surface area contributed by atoms with Gasteiger partial charge in [-0.05, 0) is 25.5 Å². The number of aryl methyl sites for hydroxylation is 2. The Morgan fingerprint density at radius 2 is 1.93 bits per heavy atom. The van der Waals surface area contributed by atoms with Gasteiger partial charge in [0, 0.05) is 14.1 Å². The lowest BCUT2D eigenvalue weighted by molar-refractivity contribution is 0.0991. The zero-order valence-corrected chi connectivity index (χ0v) is 15.9. The summed E-state index contributed by atoms with van der Waals surface area (Å²) in [7, 11) is 3.62. The lowest BCUT2D eigenvalue weighted by Crippen LogP contribution is -2.15. The van der Waals surface area contributed by atoms with Crippen molar-refractivity contribution in [2.24, 2.45) is 0 Å². The standard InChI is InChI=1S/C16H17ClN8O2/c1-8-6-5-7-10(17)11(8)20-12(26)13-23-24-16(27-13)22-14-18-9(2)19-15(21-14)25(3)4/h5-7H,1-4H3,(H,20,26)(H,18,19,21,22,24). The van der Waals surface area contributed by atoms with Crippen molar-refractivity contribution in [3.8, 4) is 0 Å². The second-order valence-corrected chi connectivity index (χ2v) is 6.23. The van der Waals surface area contributed by atoms with Gasteiger partial charge in [-0.25, -0.2) is 0 Å². The number of hydrogen-bond acceptors (Lipinski definition) is 9. The number of halogens is 1. The largest absolute Gasteiger partial charge is 0.399 e. The van der Waals surface area contributed by atoms with Gasteiger partial charge >= 0.3 is 17.8 Å². The number of amides is 1. The Kier molecular flexibility index (Phi) is 5.17. The van der Waals surface area contributed by atoms with Crippen molar-refractivity contribution in [1.82, 2.24) is 25.1 Å². The summed E-state index contributed by atoms with van der Waals surface area (Å²) >= 11 is 6.11. The minimum absolute atomic E-state index is 0.0219. The summed E-state index contributed by atoms with van der Waals surface area (Å²) in [5.41, 5.74) is 1.30. The number of hydrogen-bond donors (Lipinski definition) is 2. The first kappa shape index (κ1) is 18.5. The molecule has 0 spiro atoms. The minimum atomic E-state index is -0.576. The molecule has 3 rings (SSSR count). The quantitative estimate of drug-likeness (QED) is 0.678. The highest BCUT2D eigenvalue weighted by molar-refractivity contribution is 6.34. The normalized spacial score (nSPS) is 10.6. The van der Waals surface area contributed by atoms with Crippen LogP contribution >= 0.6 is 11.6 Å². The number of nitrogens with one attached hydrogen (secondary N) is 2. The van der Waals surface area contributed by atoms with Gasteiger partial charge in [0.25, 0.3) is 0 Å². The molecular formula is C16H17ClN8O2. The minimum Gasteiger partial charge on any atom is -0.399 e. The zero-order valence-electron chi connectivity index (χ0n) is 15.1. The molecule has 11 heteroatoms. The van der Waals surface area contributed by atoms with Crippen LogP contribution in [-0.4, -0.2) is 45.2 Å². The molecular weight excluding hydrogens is 372 g/mol. The van der Waals surface area contributed by atoms with E-state index in [1.54, 1.807) is 24.0 Å². The fourth-order valence-corrected chi connectivity index (χ4v) is 2.41. The van der Waals surface area contributed by atoms with Gasteiger partial charge < -0.3 is 14.6 Å². The zero-order chi connectivity index (χ0) is 19.6. The van der Waals surface area contributed by atoms with Crippen LogP contribution in [0.5, 0.6) is 0 Å². The first-order chi connectivity index (χ1) is 12.8. The summed E-state index contributed by atoms with van der Waals surface area (Å²) in [6.07, 6.45) is 0. The molecule has 0 saturated carbocycles. The fraction of sp³-hybridized carbons (Fsp3) is 0.250. The molecule has 0 aliphatic carbocycles. The number of rotatable bonds is 5. The maximum Gasteiger partial charge on any atom is 0.322 e. The van der Waals surface area contributed by atoms with E-state index in [0.29, 0.717) is 22.5 Å². The average Bonchev–Trinajstić information content (AvgIpc) is 3.06. The highest BCUT2D eigenvalue weighted by Crippen LogP contribution is 2.25. The predicted molar refractivity (Wildman–Crippen MR) is 101 cm³/mol. The van der Waals surface area contributed by atoms with Crippen molar-refractivity contribution in [2.75, 3.05) is 29.6 Å².